The number of hydrogen-bond acceptors (Lipinski definition) is 5. The SMILES string of the molecule is Cc1nnc2n1-c1ccccc1C(=O)NCC(=O)Nc1ccccc1CCC(=O)N[C@H]2C. The standard InChI is InChI=1S/C23H24N6O3/c1-14-22-28-27-15(2)29(22)19-10-6-4-8-17(19)23(32)24-13-21(31)26-18-9-5-3-7-16(18)11-12-20(30)25-14/h3-10,14H,11-13H2,1-2H3,(H,24,32)(H,25,30)(H,26,31)/t14-/m0/s1. The molecule has 1 aromatic heterocycles. The fourth-order valence-electron chi connectivity index (χ4n) is 3.75. The highest BCUT2D eigenvalue weighted by atomic mass is 16.2. The number of aromatic nitrogens is 3. The van der Waals surface area contributed by atoms with Crippen molar-refractivity contribution in [3.05, 3.63) is 71.3 Å². The Kier molecular flexibility index (Phi) is 5.98. The number of carbonyl (C=O) groups excluding carboxylic acids is 3. The molecule has 0 spiro atoms. The van der Waals surface area contributed by atoms with Gasteiger partial charge in [0, 0.05) is 12.1 Å². The Balaban J connectivity index is 1.75. The number of carbonyl (C=O) groups is 3. The monoisotopic (exact) mass is 432 g/mol. The molecule has 32 heavy (non-hydrogen) atoms. The smallest absolute Gasteiger partial charge is 0.253 e. The molecule has 0 saturated heterocycles. The quantitative estimate of drug-likeness (QED) is 0.503. The highest BCUT2D eigenvalue weighted by Crippen LogP contribution is 2.22. The van der Waals surface area contributed by atoms with Crippen LogP contribution in [0.1, 0.15) is 47.0 Å². The summed E-state index contributed by atoms with van der Waals surface area (Å²) in [4.78, 5) is 38.1. The van der Waals surface area contributed by atoms with Crippen LogP contribution in [0.5, 0.6) is 0 Å². The largest absolute Gasteiger partial charge is 0.346 e. The average molecular weight is 432 g/mol. The van der Waals surface area contributed by atoms with E-state index >= 15 is 0 Å². The van der Waals surface area contributed by atoms with Gasteiger partial charge in [-0.1, -0.05) is 30.3 Å². The minimum atomic E-state index is -0.428. The van der Waals surface area contributed by atoms with Gasteiger partial charge in [-0.25, -0.2) is 0 Å². The van der Waals surface area contributed by atoms with Crippen molar-refractivity contribution < 1.29 is 14.4 Å². The second-order valence-corrected chi connectivity index (χ2v) is 7.64. The minimum Gasteiger partial charge on any atom is -0.346 e. The molecule has 4 rings (SSSR count). The lowest BCUT2D eigenvalue weighted by atomic mass is 10.1. The first-order valence-corrected chi connectivity index (χ1v) is 10.4. The van der Waals surface area contributed by atoms with E-state index in [0.29, 0.717) is 35.0 Å². The van der Waals surface area contributed by atoms with Crippen LogP contribution in [0.15, 0.2) is 48.5 Å². The Morgan fingerprint density at radius 1 is 0.938 bits per heavy atom. The maximum Gasteiger partial charge on any atom is 0.253 e. The van der Waals surface area contributed by atoms with Crippen LogP contribution in [-0.4, -0.2) is 39.0 Å². The fourth-order valence-corrected chi connectivity index (χ4v) is 3.75. The Morgan fingerprint density at radius 3 is 2.53 bits per heavy atom. The molecule has 2 aromatic carbocycles. The van der Waals surface area contributed by atoms with Gasteiger partial charge in [0.2, 0.25) is 11.8 Å². The number of nitrogens with one attached hydrogen (secondary N) is 3. The first kappa shape index (κ1) is 21.2. The molecule has 3 N–H and O–H groups in total. The van der Waals surface area contributed by atoms with Crippen LogP contribution in [0.3, 0.4) is 0 Å². The van der Waals surface area contributed by atoms with Crippen molar-refractivity contribution in [2.45, 2.75) is 32.7 Å². The summed E-state index contributed by atoms with van der Waals surface area (Å²) in [7, 11) is 0. The molecular formula is C23H24N6O3. The fraction of sp³-hybridized carbons (Fsp3) is 0.261. The summed E-state index contributed by atoms with van der Waals surface area (Å²) in [5.41, 5.74) is 2.40. The third-order valence-electron chi connectivity index (χ3n) is 5.33. The Morgan fingerprint density at radius 2 is 1.69 bits per heavy atom. The molecule has 0 unspecified atom stereocenters. The molecule has 3 aromatic rings. The van der Waals surface area contributed by atoms with Crippen LogP contribution in [0.2, 0.25) is 0 Å². The number of aryl methyl sites for hydroxylation is 2. The van der Waals surface area contributed by atoms with Gasteiger partial charge >= 0.3 is 0 Å². The molecule has 0 radical (unpaired) electrons. The Hall–Kier alpha value is -4.01. The molecular weight excluding hydrogens is 408 g/mol. The second-order valence-electron chi connectivity index (χ2n) is 7.64. The van der Waals surface area contributed by atoms with E-state index in [1.165, 1.54) is 0 Å². The number of fused-ring (bicyclic) bond motifs is 4. The van der Waals surface area contributed by atoms with Crippen LogP contribution in [-0.2, 0) is 16.0 Å². The van der Waals surface area contributed by atoms with Crippen molar-refractivity contribution in [1.82, 2.24) is 25.4 Å². The highest BCUT2D eigenvalue weighted by Gasteiger charge is 2.23. The summed E-state index contributed by atoms with van der Waals surface area (Å²) in [6.07, 6.45) is 0.702. The van der Waals surface area contributed by atoms with Gasteiger partial charge in [0.15, 0.2) is 5.82 Å². The van der Waals surface area contributed by atoms with Crippen molar-refractivity contribution >= 4 is 23.4 Å². The summed E-state index contributed by atoms with van der Waals surface area (Å²) in [6.45, 7) is 3.42. The Bertz CT molecular complexity index is 1190. The van der Waals surface area contributed by atoms with Gasteiger partial charge in [-0.2, -0.15) is 0 Å². The number of rotatable bonds is 0. The average Bonchev–Trinajstić information content (AvgIpc) is 3.17. The van der Waals surface area contributed by atoms with E-state index in [1.54, 1.807) is 41.8 Å². The summed E-state index contributed by atoms with van der Waals surface area (Å²) < 4.78 is 1.75. The van der Waals surface area contributed by atoms with E-state index in [0.717, 1.165) is 5.56 Å². The number of para-hydroxylation sites is 2. The minimum absolute atomic E-state index is 0.149. The normalized spacial score (nSPS) is 17.3. The molecule has 0 fully saturated rings. The van der Waals surface area contributed by atoms with E-state index in [9.17, 15) is 14.4 Å². The van der Waals surface area contributed by atoms with E-state index in [4.69, 9.17) is 0 Å². The topological polar surface area (TPSA) is 118 Å². The number of amides is 3. The number of nitrogens with zero attached hydrogens (tertiary/aromatic N) is 3. The first-order valence-electron chi connectivity index (χ1n) is 10.4. The van der Waals surface area contributed by atoms with Gasteiger partial charge in [-0.05, 0) is 44.0 Å². The maximum absolute atomic E-state index is 13.0. The molecule has 0 saturated carbocycles. The van der Waals surface area contributed by atoms with Crippen LogP contribution in [0, 0.1) is 6.92 Å². The molecule has 1 aliphatic heterocycles. The van der Waals surface area contributed by atoms with Crippen molar-refractivity contribution in [2.75, 3.05) is 11.9 Å². The number of benzene rings is 2. The summed E-state index contributed by atoms with van der Waals surface area (Å²) >= 11 is 0. The lowest BCUT2D eigenvalue weighted by Crippen LogP contribution is -2.34. The summed E-state index contributed by atoms with van der Waals surface area (Å²) in [5, 5.41) is 16.9. The lowest BCUT2D eigenvalue weighted by molar-refractivity contribution is -0.121. The molecule has 9 heteroatoms. The third-order valence-corrected chi connectivity index (χ3v) is 5.33. The number of anilines is 1. The van der Waals surface area contributed by atoms with Gasteiger partial charge in [-0.3, -0.25) is 19.0 Å². The van der Waals surface area contributed by atoms with Crippen molar-refractivity contribution in [3.8, 4) is 5.69 Å². The van der Waals surface area contributed by atoms with Crippen LogP contribution < -0.4 is 16.0 Å². The van der Waals surface area contributed by atoms with Gasteiger partial charge in [0.05, 0.1) is 23.8 Å². The molecule has 9 nitrogen and oxygen atoms in total. The Labute approximate surface area is 185 Å². The van der Waals surface area contributed by atoms with Crippen LogP contribution in [0.25, 0.3) is 5.69 Å². The third kappa shape index (κ3) is 4.36. The zero-order valence-electron chi connectivity index (χ0n) is 17.9. The molecule has 1 atom stereocenters. The van der Waals surface area contributed by atoms with E-state index < -0.39 is 11.9 Å². The molecule has 164 valence electrons. The first-order chi connectivity index (χ1) is 15.4. The zero-order chi connectivity index (χ0) is 22.7. The second kappa shape index (κ2) is 9.01. The maximum atomic E-state index is 13.0. The van der Waals surface area contributed by atoms with E-state index in [1.807, 2.05) is 25.1 Å². The summed E-state index contributed by atoms with van der Waals surface area (Å²) in [5.74, 6) is 0.195. The molecule has 3 amide bonds. The van der Waals surface area contributed by atoms with Crippen molar-refractivity contribution in [2.24, 2.45) is 0 Å². The van der Waals surface area contributed by atoms with Gasteiger partial charge in [0.1, 0.15) is 5.82 Å². The predicted octanol–water partition coefficient (Wildman–Crippen LogP) is 2.07. The molecule has 2 heterocycles. The zero-order valence-corrected chi connectivity index (χ0v) is 17.9. The highest BCUT2D eigenvalue weighted by molar-refractivity contribution is 6.01. The lowest BCUT2D eigenvalue weighted by Gasteiger charge is -2.19. The van der Waals surface area contributed by atoms with Crippen LogP contribution >= 0.6 is 0 Å². The van der Waals surface area contributed by atoms with Crippen molar-refractivity contribution in [1.29, 1.82) is 0 Å². The number of hydrogen-bond donors (Lipinski definition) is 3. The molecule has 1 aliphatic rings. The van der Waals surface area contributed by atoms with Gasteiger partial charge < -0.3 is 16.0 Å². The van der Waals surface area contributed by atoms with E-state index in [-0.39, 0.29) is 24.8 Å². The van der Waals surface area contributed by atoms with Gasteiger partial charge in [0.25, 0.3) is 5.91 Å². The molecule has 0 bridgehead atoms. The predicted molar refractivity (Wildman–Crippen MR) is 118 cm³/mol. The van der Waals surface area contributed by atoms with E-state index in [2.05, 4.69) is 26.1 Å². The molecule has 0 aliphatic carbocycles. The summed E-state index contributed by atoms with van der Waals surface area (Å²) in [6, 6.07) is 13.9. The van der Waals surface area contributed by atoms with Gasteiger partial charge in [-0.15, -0.1) is 10.2 Å². The van der Waals surface area contributed by atoms with Crippen molar-refractivity contribution in [3.63, 3.8) is 0 Å². The van der Waals surface area contributed by atoms with Crippen LogP contribution in [0.4, 0.5) is 5.69 Å².